The van der Waals surface area contributed by atoms with Crippen molar-refractivity contribution in [3.8, 4) is 0 Å². The maximum absolute atomic E-state index is 14.1. The van der Waals surface area contributed by atoms with Crippen LogP contribution in [0.15, 0.2) is 34.8 Å². The van der Waals surface area contributed by atoms with E-state index in [2.05, 4.69) is 31.9 Å². The zero-order valence-electron chi connectivity index (χ0n) is 13.5. The van der Waals surface area contributed by atoms with Crippen molar-refractivity contribution in [3.05, 3.63) is 57.6 Å². The summed E-state index contributed by atoms with van der Waals surface area (Å²) >= 11 is 8.21. The van der Waals surface area contributed by atoms with Crippen molar-refractivity contribution in [2.45, 2.75) is 13.8 Å². The van der Waals surface area contributed by atoms with Gasteiger partial charge in [-0.3, -0.25) is 4.79 Å². The number of amides is 1. The molecule has 2 aromatic rings. The van der Waals surface area contributed by atoms with Gasteiger partial charge in [-0.2, -0.15) is 0 Å². The molecule has 0 aliphatic carbocycles. The molecule has 0 bridgehead atoms. The second-order valence-corrected chi connectivity index (χ2v) is 6.48. The van der Waals surface area contributed by atoms with E-state index in [1.807, 2.05) is 6.92 Å². The average Bonchev–Trinajstić information content (AvgIpc) is 2.53. The highest BCUT2D eigenvalue weighted by Crippen LogP contribution is 2.26. The lowest BCUT2D eigenvalue weighted by Crippen LogP contribution is -2.28. The van der Waals surface area contributed by atoms with Crippen LogP contribution in [0.25, 0.3) is 0 Å². The third-order valence-corrected chi connectivity index (χ3v) is 4.21. The Labute approximate surface area is 158 Å². The SMILES string of the molecule is CCNC(=S)Nc1cc(C(=O)Nc2ccc(F)c(C)c2)c(Br)cc1F. The maximum atomic E-state index is 14.1. The fraction of sp³-hybridized carbons (Fsp3) is 0.176. The Hall–Kier alpha value is -2.06. The molecule has 2 aromatic carbocycles. The van der Waals surface area contributed by atoms with Crippen LogP contribution in [0.3, 0.4) is 0 Å². The fourth-order valence-electron chi connectivity index (χ4n) is 2.07. The Morgan fingerprint density at radius 3 is 2.52 bits per heavy atom. The van der Waals surface area contributed by atoms with Gasteiger partial charge in [0, 0.05) is 16.7 Å². The van der Waals surface area contributed by atoms with E-state index in [0.717, 1.165) is 0 Å². The highest BCUT2D eigenvalue weighted by atomic mass is 79.9. The fourth-order valence-corrected chi connectivity index (χ4v) is 2.82. The normalized spacial score (nSPS) is 10.3. The zero-order chi connectivity index (χ0) is 18.6. The van der Waals surface area contributed by atoms with E-state index >= 15 is 0 Å². The number of thiocarbonyl (C=S) groups is 1. The number of nitrogens with one attached hydrogen (secondary N) is 3. The van der Waals surface area contributed by atoms with Crippen molar-refractivity contribution in [2.24, 2.45) is 0 Å². The van der Waals surface area contributed by atoms with Crippen LogP contribution in [0.2, 0.25) is 0 Å². The van der Waals surface area contributed by atoms with Gasteiger partial charge in [0.1, 0.15) is 11.6 Å². The summed E-state index contributed by atoms with van der Waals surface area (Å²) in [7, 11) is 0. The van der Waals surface area contributed by atoms with Crippen LogP contribution in [-0.4, -0.2) is 17.6 Å². The van der Waals surface area contributed by atoms with Gasteiger partial charge in [-0.25, -0.2) is 8.78 Å². The van der Waals surface area contributed by atoms with Crippen molar-refractivity contribution in [1.29, 1.82) is 0 Å². The minimum atomic E-state index is -0.554. The number of halogens is 3. The quantitative estimate of drug-likeness (QED) is 0.624. The first-order valence-electron chi connectivity index (χ1n) is 7.43. The van der Waals surface area contributed by atoms with Crippen molar-refractivity contribution in [1.82, 2.24) is 5.32 Å². The van der Waals surface area contributed by atoms with Crippen molar-refractivity contribution in [3.63, 3.8) is 0 Å². The lowest BCUT2D eigenvalue weighted by atomic mass is 10.1. The number of hydrogen-bond donors (Lipinski definition) is 3. The molecule has 0 aromatic heterocycles. The number of carbonyl (C=O) groups excluding carboxylic acids is 1. The summed E-state index contributed by atoms with van der Waals surface area (Å²) in [5, 5.41) is 8.46. The molecule has 0 saturated heterocycles. The second kappa shape index (κ2) is 8.35. The van der Waals surface area contributed by atoms with Crippen LogP contribution in [0.1, 0.15) is 22.8 Å². The Bertz CT molecular complexity index is 830. The van der Waals surface area contributed by atoms with Crippen LogP contribution in [0, 0.1) is 18.6 Å². The molecule has 0 saturated carbocycles. The summed E-state index contributed by atoms with van der Waals surface area (Å²) in [6.45, 7) is 4.04. The van der Waals surface area contributed by atoms with E-state index in [1.54, 1.807) is 6.92 Å². The first-order valence-corrected chi connectivity index (χ1v) is 8.63. The van der Waals surface area contributed by atoms with Crippen molar-refractivity contribution >= 4 is 50.5 Å². The van der Waals surface area contributed by atoms with Crippen LogP contribution in [0.5, 0.6) is 0 Å². The van der Waals surface area contributed by atoms with Gasteiger partial charge in [-0.05, 0) is 77.9 Å². The molecule has 8 heteroatoms. The summed E-state index contributed by atoms with van der Waals surface area (Å²) in [5.74, 6) is -1.37. The van der Waals surface area contributed by atoms with E-state index in [1.165, 1.54) is 30.3 Å². The molecule has 1 amide bonds. The summed E-state index contributed by atoms with van der Waals surface area (Å²) < 4.78 is 27.7. The molecule has 0 heterocycles. The summed E-state index contributed by atoms with van der Waals surface area (Å²) in [5.41, 5.74) is 1.15. The van der Waals surface area contributed by atoms with E-state index in [-0.39, 0.29) is 22.2 Å². The Balaban J connectivity index is 2.26. The number of benzene rings is 2. The number of aryl methyl sites for hydroxylation is 1. The van der Waals surface area contributed by atoms with Crippen LogP contribution < -0.4 is 16.0 Å². The predicted molar refractivity (Wildman–Crippen MR) is 103 cm³/mol. The maximum Gasteiger partial charge on any atom is 0.256 e. The predicted octanol–water partition coefficient (Wildman–Crippen LogP) is 4.59. The average molecular weight is 428 g/mol. The van der Waals surface area contributed by atoms with Gasteiger partial charge in [-0.15, -0.1) is 0 Å². The van der Waals surface area contributed by atoms with E-state index in [4.69, 9.17) is 12.2 Å². The van der Waals surface area contributed by atoms with Gasteiger partial charge in [0.25, 0.3) is 5.91 Å². The highest BCUT2D eigenvalue weighted by molar-refractivity contribution is 9.10. The molecule has 0 unspecified atom stereocenters. The highest BCUT2D eigenvalue weighted by Gasteiger charge is 2.16. The molecule has 3 N–H and O–H groups in total. The largest absolute Gasteiger partial charge is 0.363 e. The first kappa shape index (κ1) is 19.3. The summed E-state index contributed by atoms with van der Waals surface area (Å²) in [4.78, 5) is 12.5. The monoisotopic (exact) mass is 427 g/mol. The molecule has 4 nitrogen and oxygen atoms in total. The molecule has 0 aliphatic rings. The number of rotatable bonds is 4. The van der Waals surface area contributed by atoms with Gasteiger partial charge in [-0.1, -0.05) is 0 Å². The van der Waals surface area contributed by atoms with E-state index in [9.17, 15) is 13.6 Å². The third kappa shape index (κ3) is 4.96. The number of carbonyl (C=O) groups is 1. The van der Waals surface area contributed by atoms with Gasteiger partial charge in [0.15, 0.2) is 5.11 Å². The van der Waals surface area contributed by atoms with Gasteiger partial charge < -0.3 is 16.0 Å². The molecule has 132 valence electrons. The molecule has 0 aliphatic heterocycles. The smallest absolute Gasteiger partial charge is 0.256 e. The van der Waals surface area contributed by atoms with Gasteiger partial charge in [0.2, 0.25) is 0 Å². The number of anilines is 2. The van der Waals surface area contributed by atoms with Crippen LogP contribution in [-0.2, 0) is 0 Å². The molecule has 0 fully saturated rings. The van der Waals surface area contributed by atoms with Gasteiger partial charge >= 0.3 is 0 Å². The van der Waals surface area contributed by atoms with Crippen LogP contribution >= 0.6 is 28.1 Å². The lowest BCUT2D eigenvalue weighted by molar-refractivity contribution is 0.102. The van der Waals surface area contributed by atoms with Crippen molar-refractivity contribution < 1.29 is 13.6 Å². The third-order valence-electron chi connectivity index (χ3n) is 3.30. The molecule has 2 rings (SSSR count). The minimum Gasteiger partial charge on any atom is -0.363 e. The van der Waals surface area contributed by atoms with E-state index < -0.39 is 11.7 Å². The zero-order valence-corrected chi connectivity index (χ0v) is 15.9. The Kier molecular flexibility index (Phi) is 6.44. The molecule has 0 atom stereocenters. The molecule has 0 radical (unpaired) electrons. The molecular weight excluding hydrogens is 412 g/mol. The minimum absolute atomic E-state index is 0.0783. The first-order chi connectivity index (χ1) is 11.8. The standard InChI is InChI=1S/C17H16BrF2N3OS/c1-3-21-17(25)23-15-7-11(12(18)8-14(15)20)16(24)22-10-4-5-13(19)9(2)6-10/h4-8H,3H2,1-2H3,(H,22,24)(H2,21,23,25). The second-order valence-electron chi connectivity index (χ2n) is 5.21. The molecule has 25 heavy (non-hydrogen) atoms. The summed E-state index contributed by atoms with van der Waals surface area (Å²) in [6, 6.07) is 6.78. The van der Waals surface area contributed by atoms with E-state index in [0.29, 0.717) is 22.3 Å². The number of hydrogen-bond acceptors (Lipinski definition) is 2. The van der Waals surface area contributed by atoms with Crippen LogP contribution in [0.4, 0.5) is 20.2 Å². The van der Waals surface area contributed by atoms with Crippen molar-refractivity contribution in [2.75, 3.05) is 17.2 Å². The molecular formula is C17H16BrF2N3OS. The Morgan fingerprint density at radius 2 is 1.88 bits per heavy atom. The summed E-state index contributed by atoms with van der Waals surface area (Å²) in [6.07, 6.45) is 0. The Morgan fingerprint density at radius 1 is 1.16 bits per heavy atom. The lowest BCUT2D eigenvalue weighted by Gasteiger charge is -2.13. The van der Waals surface area contributed by atoms with Gasteiger partial charge in [0.05, 0.1) is 11.3 Å². The topological polar surface area (TPSA) is 53.2 Å². The molecule has 0 spiro atoms.